The van der Waals surface area contributed by atoms with Gasteiger partial charge in [0, 0.05) is 12.5 Å². The van der Waals surface area contributed by atoms with Gasteiger partial charge in [0.25, 0.3) is 0 Å². The Morgan fingerprint density at radius 1 is 1.19 bits per heavy atom. The summed E-state index contributed by atoms with van der Waals surface area (Å²) in [6, 6.07) is 8.11. The van der Waals surface area contributed by atoms with Crippen molar-refractivity contribution < 1.29 is 13.2 Å². The Morgan fingerprint density at radius 2 is 2.04 bits per heavy atom. The molecule has 3 rings (SSSR count). The fraction of sp³-hybridized carbons (Fsp3) is 0.524. The van der Waals surface area contributed by atoms with Crippen LogP contribution in [0.2, 0.25) is 0 Å². The van der Waals surface area contributed by atoms with E-state index in [2.05, 4.69) is 34.9 Å². The van der Waals surface area contributed by atoms with Gasteiger partial charge >= 0.3 is 6.18 Å². The molecule has 2 aliphatic rings. The van der Waals surface area contributed by atoms with Crippen molar-refractivity contribution in [3.05, 3.63) is 59.2 Å². The minimum atomic E-state index is -4.15. The van der Waals surface area contributed by atoms with E-state index in [0.717, 1.165) is 25.1 Å². The third-order valence-corrected chi connectivity index (χ3v) is 5.25. The molecule has 1 aliphatic heterocycles. The second kappa shape index (κ2) is 8.87. The molecule has 1 fully saturated rings. The van der Waals surface area contributed by atoms with Crippen molar-refractivity contribution in [1.29, 1.82) is 0 Å². The molecule has 26 heavy (non-hydrogen) atoms. The summed E-state index contributed by atoms with van der Waals surface area (Å²) in [7, 11) is 0. The zero-order valence-corrected chi connectivity index (χ0v) is 15.0. The van der Waals surface area contributed by atoms with Gasteiger partial charge in [-0.15, -0.1) is 0 Å². The molecule has 1 unspecified atom stereocenters. The maximum Gasteiger partial charge on any atom is 0.401 e. The predicted octanol–water partition coefficient (Wildman–Crippen LogP) is 4.35. The zero-order valence-electron chi connectivity index (χ0n) is 15.0. The fourth-order valence-electron chi connectivity index (χ4n) is 3.88. The average Bonchev–Trinajstić information content (AvgIpc) is 2.66. The molecule has 0 bridgehead atoms. The van der Waals surface area contributed by atoms with Gasteiger partial charge in [-0.05, 0) is 61.4 Å². The van der Waals surface area contributed by atoms with E-state index in [1.807, 2.05) is 18.2 Å². The molecule has 142 valence electrons. The topological polar surface area (TPSA) is 24.1 Å². The largest absolute Gasteiger partial charge is 0.401 e. The van der Waals surface area contributed by atoms with Crippen LogP contribution in [0, 0.1) is 5.92 Å². The molecule has 2 nitrogen and oxygen atoms in total. The highest BCUT2D eigenvalue weighted by Gasteiger charge is 2.26. The van der Waals surface area contributed by atoms with Crippen molar-refractivity contribution in [2.45, 2.75) is 37.8 Å². The van der Waals surface area contributed by atoms with Gasteiger partial charge in [-0.1, -0.05) is 42.5 Å². The number of allylic oxidation sites excluding steroid dienone is 3. The molecule has 2 atom stereocenters. The molecule has 2 N–H and O–H groups in total. The summed E-state index contributed by atoms with van der Waals surface area (Å²) in [5.41, 5.74) is 3.79. The van der Waals surface area contributed by atoms with Crippen LogP contribution in [0.15, 0.2) is 48.1 Å². The highest BCUT2D eigenvalue weighted by Crippen LogP contribution is 2.32. The van der Waals surface area contributed by atoms with E-state index in [1.165, 1.54) is 24.0 Å². The van der Waals surface area contributed by atoms with Crippen molar-refractivity contribution in [3.8, 4) is 0 Å². The molecule has 5 heteroatoms. The number of hydrogen-bond acceptors (Lipinski definition) is 2. The Kier molecular flexibility index (Phi) is 6.54. The van der Waals surface area contributed by atoms with Crippen molar-refractivity contribution in [3.63, 3.8) is 0 Å². The van der Waals surface area contributed by atoms with Crippen molar-refractivity contribution in [2.75, 3.05) is 26.2 Å². The van der Waals surface area contributed by atoms with E-state index in [0.29, 0.717) is 24.8 Å². The van der Waals surface area contributed by atoms with Gasteiger partial charge in [0.15, 0.2) is 0 Å². The van der Waals surface area contributed by atoms with Gasteiger partial charge < -0.3 is 10.6 Å². The first-order valence-electron chi connectivity index (χ1n) is 9.47. The van der Waals surface area contributed by atoms with E-state index in [9.17, 15) is 13.2 Å². The first kappa shape index (κ1) is 19.2. The minimum Gasteiger partial charge on any atom is -0.316 e. The van der Waals surface area contributed by atoms with Gasteiger partial charge in [-0.3, -0.25) is 0 Å². The normalized spacial score (nSPS) is 23.7. The van der Waals surface area contributed by atoms with Gasteiger partial charge in [0.05, 0.1) is 6.54 Å². The fourth-order valence-corrected chi connectivity index (χ4v) is 3.88. The SMILES string of the molecule is FC(F)(F)CNCCc1ccccc1C1C=CC([C@@H]2CCCNC2)=CC1. The number of benzene rings is 1. The monoisotopic (exact) mass is 364 g/mol. The van der Waals surface area contributed by atoms with Crippen LogP contribution >= 0.6 is 0 Å². The van der Waals surface area contributed by atoms with Crippen molar-refractivity contribution in [1.82, 2.24) is 10.6 Å². The van der Waals surface area contributed by atoms with Gasteiger partial charge in [-0.2, -0.15) is 13.2 Å². The molecule has 0 amide bonds. The van der Waals surface area contributed by atoms with Crippen LogP contribution in [0.4, 0.5) is 13.2 Å². The van der Waals surface area contributed by atoms with E-state index in [4.69, 9.17) is 0 Å². The number of piperidine rings is 1. The lowest BCUT2D eigenvalue weighted by molar-refractivity contribution is -0.124. The smallest absolute Gasteiger partial charge is 0.316 e. The Bertz CT molecular complexity index is 643. The average molecular weight is 364 g/mol. The quantitative estimate of drug-likeness (QED) is 0.734. The maximum atomic E-state index is 12.3. The van der Waals surface area contributed by atoms with Crippen molar-refractivity contribution >= 4 is 0 Å². The second-order valence-corrected chi connectivity index (χ2v) is 7.19. The molecule has 1 saturated heterocycles. The molecule has 0 radical (unpaired) electrons. The Balaban J connectivity index is 1.58. The minimum absolute atomic E-state index is 0.314. The summed E-state index contributed by atoms with van der Waals surface area (Å²) in [4.78, 5) is 0. The molecule has 0 aromatic heterocycles. The Hall–Kier alpha value is -1.59. The highest BCUT2D eigenvalue weighted by molar-refractivity contribution is 5.38. The van der Waals surface area contributed by atoms with Crippen LogP contribution in [0.5, 0.6) is 0 Å². The van der Waals surface area contributed by atoms with Crippen LogP contribution in [0.1, 0.15) is 36.3 Å². The highest BCUT2D eigenvalue weighted by atomic mass is 19.4. The van der Waals surface area contributed by atoms with Gasteiger partial charge in [0.2, 0.25) is 0 Å². The molecular formula is C21H27F3N2. The van der Waals surface area contributed by atoms with E-state index < -0.39 is 12.7 Å². The molecule has 1 heterocycles. The molecule has 1 aliphatic carbocycles. The van der Waals surface area contributed by atoms with E-state index in [1.54, 1.807) is 0 Å². The first-order chi connectivity index (χ1) is 12.5. The predicted molar refractivity (Wildman–Crippen MR) is 99.2 cm³/mol. The van der Waals surface area contributed by atoms with E-state index >= 15 is 0 Å². The number of hydrogen-bond donors (Lipinski definition) is 2. The van der Waals surface area contributed by atoms with E-state index in [-0.39, 0.29) is 0 Å². The molecule has 1 aromatic rings. The Labute approximate surface area is 153 Å². The summed E-state index contributed by atoms with van der Waals surface area (Å²) >= 11 is 0. The number of halogens is 3. The van der Waals surface area contributed by atoms with Crippen molar-refractivity contribution in [2.24, 2.45) is 5.92 Å². The maximum absolute atomic E-state index is 12.3. The summed E-state index contributed by atoms with van der Waals surface area (Å²) in [6.07, 6.45) is 6.77. The lowest BCUT2D eigenvalue weighted by Crippen LogP contribution is -2.31. The standard InChI is InChI=1S/C21H27F3N2/c22-21(23,24)15-26-13-11-17-4-1-2-6-20(17)18-9-7-16(8-10-18)19-5-3-12-25-14-19/h1-2,4,6-9,18-19,25-26H,3,5,10-15H2/t18?,19-/m1/s1. The summed E-state index contributed by atoms with van der Waals surface area (Å²) in [6.45, 7) is 1.58. The van der Waals surface area contributed by atoms with Gasteiger partial charge in [-0.25, -0.2) is 0 Å². The number of rotatable bonds is 6. The third kappa shape index (κ3) is 5.45. The lowest BCUT2D eigenvalue weighted by atomic mass is 9.82. The van der Waals surface area contributed by atoms with Crippen LogP contribution < -0.4 is 10.6 Å². The Morgan fingerprint density at radius 3 is 2.73 bits per heavy atom. The third-order valence-electron chi connectivity index (χ3n) is 5.25. The van der Waals surface area contributed by atoms with Crippen LogP contribution in [0.25, 0.3) is 0 Å². The van der Waals surface area contributed by atoms with Crippen LogP contribution in [-0.2, 0) is 6.42 Å². The molecule has 0 spiro atoms. The lowest BCUT2D eigenvalue weighted by Gasteiger charge is -2.27. The summed E-state index contributed by atoms with van der Waals surface area (Å²) in [5.74, 6) is 0.928. The first-order valence-corrected chi connectivity index (χ1v) is 9.47. The second-order valence-electron chi connectivity index (χ2n) is 7.19. The molecule has 0 saturated carbocycles. The summed E-state index contributed by atoms with van der Waals surface area (Å²) in [5, 5.41) is 5.95. The zero-order chi connectivity index (χ0) is 18.4. The summed E-state index contributed by atoms with van der Waals surface area (Å²) < 4.78 is 36.8. The van der Waals surface area contributed by atoms with Crippen LogP contribution in [-0.4, -0.2) is 32.4 Å². The molecular weight excluding hydrogens is 337 g/mol. The molecule has 1 aromatic carbocycles. The number of alkyl halides is 3. The van der Waals surface area contributed by atoms with Gasteiger partial charge in [0.1, 0.15) is 0 Å². The number of nitrogens with one attached hydrogen (secondary N) is 2. The van der Waals surface area contributed by atoms with Crippen LogP contribution in [0.3, 0.4) is 0 Å².